The number of rotatable bonds is 2. The van der Waals surface area contributed by atoms with E-state index < -0.39 is 0 Å². The largest absolute Gasteiger partial charge is 0.370 e. The number of nitriles is 1. The van der Waals surface area contributed by atoms with Crippen molar-refractivity contribution in [3.05, 3.63) is 40.3 Å². The second-order valence-corrected chi connectivity index (χ2v) is 7.29. The van der Waals surface area contributed by atoms with Crippen LogP contribution in [-0.2, 0) is 13.0 Å². The number of thiophene rings is 1. The van der Waals surface area contributed by atoms with Gasteiger partial charge in [0.15, 0.2) is 0 Å². The molecule has 0 bridgehead atoms. The zero-order valence-corrected chi connectivity index (χ0v) is 14.1. The Hall–Kier alpha value is -1.83. The van der Waals surface area contributed by atoms with Crippen LogP contribution in [0.5, 0.6) is 0 Å². The minimum absolute atomic E-state index is 0.873. The molecule has 1 saturated heterocycles. The summed E-state index contributed by atoms with van der Waals surface area (Å²) in [7, 11) is 0. The molecule has 118 valence electrons. The minimum atomic E-state index is 0.873. The summed E-state index contributed by atoms with van der Waals surface area (Å²) < 4.78 is 0. The first-order valence-electron chi connectivity index (χ1n) is 8.47. The molecule has 0 aliphatic carbocycles. The number of piperidine rings is 1. The number of anilines is 1. The zero-order chi connectivity index (χ0) is 15.6. The molecule has 1 aromatic carbocycles. The van der Waals surface area contributed by atoms with E-state index in [9.17, 15) is 5.26 Å². The molecule has 1 fully saturated rings. The first-order chi connectivity index (χ1) is 11.4. The molecule has 0 atom stereocenters. The zero-order valence-electron chi connectivity index (χ0n) is 13.3. The van der Waals surface area contributed by atoms with E-state index in [1.165, 1.54) is 40.8 Å². The van der Waals surface area contributed by atoms with Gasteiger partial charge in [0.25, 0.3) is 0 Å². The van der Waals surface area contributed by atoms with Crippen LogP contribution < -0.4 is 10.2 Å². The third-order valence-corrected chi connectivity index (χ3v) is 5.88. The lowest BCUT2D eigenvalue weighted by atomic mass is 9.89. The van der Waals surface area contributed by atoms with E-state index >= 15 is 0 Å². The maximum Gasteiger partial charge on any atom is 0.102 e. The van der Waals surface area contributed by atoms with Crippen LogP contribution >= 0.6 is 11.3 Å². The van der Waals surface area contributed by atoms with E-state index in [0.29, 0.717) is 0 Å². The average Bonchev–Trinajstić information content (AvgIpc) is 3.15. The molecule has 23 heavy (non-hydrogen) atoms. The first-order valence-corrected chi connectivity index (χ1v) is 9.35. The number of fused-ring (bicyclic) bond motifs is 1. The fraction of sp³-hybridized carbons (Fsp3) is 0.421. The molecule has 3 nitrogen and oxygen atoms in total. The van der Waals surface area contributed by atoms with Crippen molar-refractivity contribution in [3.63, 3.8) is 0 Å². The SMILES string of the molecule is N#Cc1c(N2CCCCC2)cc(-c2cccs2)c2c1CCNC2. The van der Waals surface area contributed by atoms with E-state index in [0.717, 1.165) is 43.9 Å². The van der Waals surface area contributed by atoms with Gasteiger partial charge in [-0.3, -0.25) is 0 Å². The van der Waals surface area contributed by atoms with Crippen molar-refractivity contribution in [2.45, 2.75) is 32.2 Å². The van der Waals surface area contributed by atoms with E-state index in [1.807, 2.05) is 0 Å². The molecule has 0 amide bonds. The van der Waals surface area contributed by atoms with Crippen LogP contribution in [0.4, 0.5) is 5.69 Å². The highest BCUT2D eigenvalue weighted by molar-refractivity contribution is 7.13. The standard InChI is InChI=1S/C19H21N3S/c20-12-16-14-6-7-21-13-17(14)15(19-5-4-10-23-19)11-18(16)22-8-2-1-3-9-22/h4-5,10-11,21H,1-3,6-9,13H2. The van der Waals surface area contributed by atoms with Gasteiger partial charge in [-0.05, 0) is 66.4 Å². The molecular weight excluding hydrogens is 302 g/mol. The van der Waals surface area contributed by atoms with Crippen LogP contribution in [0.3, 0.4) is 0 Å². The number of benzene rings is 1. The molecule has 2 aliphatic heterocycles. The summed E-state index contributed by atoms with van der Waals surface area (Å²) in [6, 6.07) is 9.11. The quantitative estimate of drug-likeness (QED) is 0.910. The third kappa shape index (κ3) is 2.65. The fourth-order valence-corrected chi connectivity index (χ4v) is 4.60. The summed E-state index contributed by atoms with van der Waals surface area (Å²) in [5.74, 6) is 0. The highest BCUT2D eigenvalue weighted by Gasteiger charge is 2.24. The van der Waals surface area contributed by atoms with Gasteiger partial charge < -0.3 is 10.2 Å². The number of nitrogens with one attached hydrogen (secondary N) is 1. The van der Waals surface area contributed by atoms with Gasteiger partial charge in [-0.1, -0.05) is 6.07 Å². The molecule has 1 aromatic heterocycles. The average molecular weight is 323 g/mol. The highest BCUT2D eigenvalue weighted by atomic mass is 32.1. The second kappa shape index (κ2) is 6.35. The lowest BCUT2D eigenvalue weighted by molar-refractivity contribution is 0.576. The summed E-state index contributed by atoms with van der Waals surface area (Å²) in [4.78, 5) is 3.74. The molecule has 4 rings (SSSR count). The predicted octanol–water partition coefficient (Wildman–Crippen LogP) is 3.92. The van der Waals surface area contributed by atoms with Crippen molar-refractivity contribution in [2.24, 2.45) is 0 Å². The maximum absolute atomic E-state index is 9.83. The van der Waals surface area contributed by atoms with Crippen LogP contribution in [0, 0.1) is 11.3 Å². The molecule has 0 saturated carbocycles. The normalized spacial score (nSPS) is 17.6. The van der Waals surface area contributed by atoms with Gasteiger partial charge in [0.2, 0.25) is 0 Å². The Balaban J connectivity index is 1.91. The predicted molar refractivity (Wildman–Crippen MR) is 95.9 cm³/mol. The Morgan fingerprint density at radius 1 is 1.17 bits per heavy atom. The lowest BCUT2D eigenvalue weighted by Crippen LogP contribution is -2.32. The van der Waals surface area contributed by atoms with Crippen LogP contribution in [-0.4, -0.2) is 19.6 Å². The molecule has 2 aromatic rings. The van der Waals surface area contributed by atoms with Crippen molar-refractivity contribution in [1.29, 1.82) is 5.26 Å². The van der Waals surface area contributed by atoms with Crippen LogP contribution in [0.1, 0.15) is 36.0 Å². The summed E-state index contributed by atoms with van der Waals surface area (Å²) in [5, 5.41) is 15.4. The molecular formula is C19H21N3S. The van der Waals surface area contributed by atoms with Gasteiger partial charge in [-0.15, -0.1) is 11.3 Å². The van der Waals surface area contributed by atoms with Gasteiger partial charge in [0.1, 0.15) is 6.07 Å². The van der Waals surface area contributed by atoms with Gasteiger partial charge in [0, 0.05) is 24.5 Å². The number of hydrogen-bond donors (Lipinski definition) is 1. The molecule has 2 aliphatic rings. The summed E-state index contributed by atoms with van der Waals surface area (Å²) >= 11 is 1.79. The smallest absolute Gasteiger partial charge is 0.102 e. The van der Waals surface area contributed by atoms with Gasteiger partial charge in [0.05, 0.1) is 11.3 Å². The van der Waals surface area contributed by atoms with Crippen molar-refractivity contribution in [3.8, 4) is 16.5 Å². The Morgan fingerprint density at radius 2 is 2.04 bits per heavy atom. The minimum Gasteiger partial charge on any atom is -0.370 e. The third-order valence-electron chi connectivity index (χ3n) is 4.98. The summed E-state index contributed by atoms with van der Waals surface area (Å²) in [6.07, 6.45) is 4.74. The maximum atomic E-state index is 9.83. The first kappa shape index (κ1) is 14.7. The Labute approximate surface area is 141 Å². The van der Waals surface area contributed by atoms with Crippen molar-refractivity contribution >= 4 is 17.0 Å². The van der Waals surface area contributed by atoms with Crippen LogP contribution in [0.25, 0.3) is 10.4 Å². The van der Waals surface area contributed by atoms with E-state index in [4.69, 9.17) is 0 Å². The van der Waals surface area contributed by atoms with Crippen LogP contribution in [0.2, 0.25) is 0 Å². The number of nitrogens with zero attached hydrogens (tertiary/aromatic N) is 2. The molecule has 0 unspecified atom stereocenters. The monoisotopic (exact) mass is 323 g/mol. The van der Waals surface area contributed by atoms with Gasteiger partial charge in [-0.2, -0.15) is 5.26 Å². The van der Waals surface area contributed by atoms with Crippen molar-refractivity contribution in [1.82, 2.24) is 5.32 Å². The Morgan fingerprint density at radius 3 is 2.78 bits per heavy atom. The summed E-state index contributed by atoms with van der Waals surface area (Å²) in [5.41, 5.74) is 6.01. The number of hydrogen-bond acceptors (Lipinski definition) is 4. The van der Waals surface area contributed by atoms with Crippen molar-refractivity contribution in [2.75, 3.05) is 24.5 Å². The van der Waals surface area contributed by atoms with Gasteiger partial charge in [-0.25, -0.2) is 0 Å². The molecule has 0 radical (unpaired) electrons. The molecule has 1 N–H and O–H groups in total. The van der Waals surface area contributed by atoms with E-state index in [2.05, 4.69) is 39.9 Å². The summed E-state index contributed by atoms with van der Waals surface area (Å²) in [6.45, 7) is 4.00. The topological polar surface area (TPSA) is 39.1 Å². The lowest BCUT2D eigenvalue weighted by Gasteiger charge is -2.32. The van der Waals surface area contributed by atoms with Crippen LogP contribution in [0.15, 0.2) is 23.6 Å². The van der Waals surface area contributed by atoms with Gasteiger partial charge >= 0.3 is 0 Å². The van der Waals surface area contributed by atoms with E-state index in [1.54, 1.807) is 11.3 Å². The Bertz CT molecular complexity index is 737. The fourth-order valence-electron chi connectivity index (χ4n) is 3.83. The molecule has 0 spiro atoms. The second-order valence-electron chi connectivity index (χ2n) is 6.34. The van der Waals surface area contributed by atoms with Crippen molar-refractivity contribution < 1.29 is 0 Å². The highest BCUT2D eigenvalue weighted by Crippen LogP contribution is 2.39. The Kier molecular flexibility index (Phi) is 4.07. The molecule has 3 heterocycles. The van der Waals surface area contributed by atoms with E-state index in [-0.39, 0.29) is 0 Å². The molecule has 4 heteroatoms.